The highest BCUT2D eigenvalue weighted by molar-refractivity contribution is 9.10. The summed E-state index contributed by atoms with van der Waals surface area (Å²) in [6, 6.07) is 7.65. The molecule has 1 fully saturated rings. The van der Waals surface area contributed by atoms with Gasteiger partial charge in [0.05, 0.1) is 6.04 Å². The minimum absolute atomic E-state index is 0.0219. The Balaban J connectivity index is 2.08. The smallest absolute Gasteiger partial charge is 0.179 e. The third kappa shape index (κ3) is 3.67. The van der Waals surface area contributed by atoms with Crippen LogP contribution in [-0.2, 0) is 0 Å². The van der Waals surface area contributed by atoms with Gasteiger partial charge in [-0.3, -0.25) is 9.69 Å². The van der Waals surface area contributed by atoms with Crippen molar-refractivity contribution in [2.45, 2.75) is 33.2 Å². The Hall–Kier alpha value is -0.670. The van der Waals surface area contributed by atoms with E-state index in [0.29, 0.717) is 11.8 Å². The van der Waals surface area contributed by atoms with Gasteiger partial charge in [-0.15, -0.1) is 0 Å². The van der Waals surface area contributed by atoms with Crippen molar-refractivity contribution in [3.05, 3.63) is 34.3 Å². The molecule has 0 bridgehead atoms. The van der Waals surface area contributed by atoms with E-state index in [9.17, 15) is 4.79 Å². The fraction of sp³-hybridized carbons (Fsp3) is 0.562. The van der Waals surface area contributed by atoms with Crippen molar-refractivity contribution in [3.63, 3.8) is 0 Å². The van der Waals surface area contributed by atoms with E-state index >= 15 is 0 Å². The van der Waals surface area contributed by atoms with Gasteiger partial charge in [0.1, 0.15) is 0 Å². The molecule has 0 saturated carbocycles. The second-order valence-electron chi connectivity index (χ2n) is 5.95. The van der Waals surface area contributed by atoms with Crippen molar-refractivity contribution < 1.29 is 4.79 Å². The molecular weight excluding hydrogens is 302 g/mol. The summed E-state index contributed by atoms with van der Waals surface area (Å²) >= 11 is 3.40. The predicted octanol–water partition coefficient (Wildman–Crippen LogP) is 4.00. The number of piperidine rings is 1. The molecule has 1 aliphatic rings. The predicted molar refractivity (Wildman–Crippen MR) is 82.5 cm³/mol. The summed E-state index contributed by atoms with van der Waals surface area (Å²) in [4.78, 5) is 14.8. The minimum Gasteiger partial charge on any atom is -0.293 e. The molecule has 104 valence electrons. The van der Waals surface area contributed by atoms with E-state index in [-0.39, 0.29) is 11.8 Å². The van der Waals surface area contributed by atoms with Crippen LogP contribution in [0.2, 0.25) is 0 Å². The van der Waals surface area contributed by atoms with Gasteiger partial charge in [0.2, 0.25) is 0 Å². The quantitative estimate of drug-likeness (QED) is 0.784. The SMILES string of the molecule is CC1CC(C)CN(C(C)C(=O)c2ccc(Br)cc2)C1. The van der Waals surface area contributed by atoms with Crippen LogP contribution in [0.25, 0.3) is 0 Å². The lowest BCUT2D eigenvalue weighted by molar-refractivity contribution is 0.0686. The van der Waals surface area contributed by atoms with Gasteiger partial charge in [0, 0.05) is 23.1 Å². The molecule has 0 spiro atoms. The van der Waals surface area contributed by atoms with Crippen molar-refractivity contribution >= 4 is 21.7 Å². The molecule has 0 amide bonds. The molecule has 19 heavy (non-hydrogen) atoms. The van der Waals surface area contributed by atoms with Crippen LogP contribution in [0.4, 0.5) is 0 Å². The summed E-state index contributed by atoms with van der Waals surface area (Å²) in [5, 5.41) is 0. The van der Waals surface area contributed by atoms with Crippen molar-refractivity contribution in [1.82, 2.24) is 4.90 Å². The van der Waals surface area contributed by atoms with Crippen LogP contribution >= 0.6 is 15.9 Å². The Bertz CT molecular complexity index is 433. The van der Waals surface area contributed by atoms with Gasteiger partial charge in [0.15, 0.2) is 5.78 Å². The molecular formula is C16H22BrNO. The first-order valence-electron chi connectivity index (χ1n) is 7.01. The minimum atomic E-state index is -0.0219. The number of rotatable bonds is 3. The van der Waals surface area contributed by atoms with Gasteiger partial charge in [-0.2, -0.15) is 0 Å². The zero-order chi connectivity index (χ0) is 14.0. The maximum atomic E-state index is 12.5. The lowest BCUT2D eigenvalue weighted by Gasteiger charge is -2.38. The second kappa shape index (κ2) is 6.19. The van der Waals surface area contributed by atoms with Crippen LogP contribution in [0.3, 0.4) is 0 Å². The molecule has 2 rings (SSSR count). The van der Waals surface area contributed by atoms with Crippen molar-refractivity contribution in [2.24, 2.45) is 11.8 Å². The molecule has 0 aromatic heterocycles. The molecule has 3 atom stereocenters. The van der Waals surface area contributed by atoms with E-state index in [1.807, 2.05) is 31.2 Å². The Kier molecular flexibility index (Phi) is 4.80. The van der Waals surface area contributed by atoms with E-state index < -0.39 is 0 Å². The number of carbonyl (C=O) groups excluding carboxylic acids is 1. The Labute approximate surface area is 124 Å². The fourth-order valence-electron chi connectivity index (χ4n) is 3.05. The maximum absolute atomic E-state index is 12.5. The molecule has 1 aromatic rings. The van der Waals surface area contributed by atoms with E-state index in [4.69, 9.17) is 0 Å². The first-order chi connectivity index (χ1) is 8.97. The zero-order valence-corrected chi connectivity index (χ0v) is 13.5. The number of benzene rings is 1. The number of carbonyl (C=O) groups is 1. The highest BCUT2D eigenvalue weighted by Gasteiger charge is 2.29. The average Bonchev–Trinajstić information content (AvgIpc) is 2.37. The summed E-state index contributed by atoms with van der Waals surface area (Å²) in [6.45, 7) is 8.66. The first kappa shape index (κ1) is 14.7. The molecule has 1 aromatic carbocycles. The van der Waals surface area contributed by atoms with Gasteiger partial charge in [-0.05, 0) is 37.3 Å². The lowest BCUT2D eigenvalue weighted by atomic mass is 9.90. The Morgan fingerprint density at radius 3 is 2.26 bits per heavy atom. The molecule has 0 aliphatic carbocycles. The van der Waals surface area contributed by atoms with E-state index in [1.165, 1.54) is 6.42 Å². The van der Waals surface area contributed by atoms with Gasteiger partial charge in [-0.1, -0.05) is 41.9 Å². The van der Waals surface area contributed by atoms with Crippen LogP contribution in [0, 0.1) is 11.8 Å². The first-order valence-corrected chi connectivity index (χ1v) is 7.80. The molecule has 3 unspecified atom stereocenters. The monoisotopic (exact) mass is 323 g/mol. The normalized spacial score (nSPS) is 26.1. The van der Waals surface area contributed by atoms with Crippen LogP contribution in [0.1, 0.15) is 37.6 Å². The number of ketones is 1. The topological polar surface area (TPSA) is 20.3 Å². The fourth-order valence-corrected chi connectivity index (χ4v) is 3.31. The maximum Gasteiger partial charge on any atom is 0.179 e. The van der Waals surface area contributed by atoms with Crippen molar-refractivity contribution in [3.8, 4) is 0 Å². The zero-order valence-electron chi connectivity index (χ0n) is 11.9. The number of likely N-dealkylation sites (tertiary alicyclic amines) is 1. The summed E-state index contributed by atoms with van der Waals surface area (Å²) < 4.78 is 1.01. The highest BCUT2D eigenvalue weighted by atomic mass is 79.9. The highest BCUT2D eigenvalue weighted by Crippen LogP contribution is 2.24. The van der Waals surface area contributed by atoms with Crippen LogP contribution in [0.5, 0.6) is 0 Å². The van der Waals surface area contributed by atoms with E-state index in [1.54, 1.807) is 0 Å². The molecule has 1 heterocycles. The Morgan fingerprint density at radius 2 is 1.74 bits per heavy atom. The van der Waals surface area contributed by atoms with E-state index in [0.717, 1.165) is 23.1 Å². The van der Waals surface area contributed by atoms with Crippen LogP contribution in [0.15, 0.2) is 28.7 Å². The Morgan fingerprint density at radius 1 is 1.21 bits per heavy atom. The van der Waals surface area contributed by atoms with Crippen LogP contribution in [-0.4, -0.2) is 29.8 Å². The molecule has 1 aliphatic heterocycles. The third-order valence-corrected chi connectivity index (χ3v) is 4.48. The standard InChI is InChI=1S/C16H22BrNO/c1-11-8-12(2)10-18(9-11)13(3)16(19)14-4-6-15(17)7-5-14/h4-7,11-13H,8-10H2,1-3H3. The van der Waals surface area contributed by atoms with Gasteiger partial charge < -0.3 is 0 Å². The summed E-state index contributed by atoms with van der Waals surface area (Å²) in [5.74, 6) is 1.60. The summed E-state index contributed by atoms with van der Waals surface area (Å²) in [7, 11) is 0. The average molecular weight is 324 g/mol. The number of hydrogen-bond acceptors (Lipinski definition) is 2. The number of hydrogen-bond donors (Lipinski definition) is 0. The molecule has 2 nitrogen and oxygen atoms in total. The summed E-state index contributed by atoms with van der Waals surface area (Å²) in [6.07, 6.45) is 1.27. The molecule has 3 heteroatoms. The second-order valence-corrected chi connectivity index (χ2v) is 6.86. The van der Waals surface area contributed by atoms with Gasteiger partial charge in [0.25, 0.3) is 0 Å². The number of nitrogens with zero attached hydrogens (tertiary/aromatic N) is 1. The number of Topliss-reactive ketones (excluding diaryl/α,β-unsaturated/α-hetero) is 1. The third-order valence-electron chi connectivity index (χ3n) is 3.95. The largest absolute Gasteiger partial charge is 0.293 e. The summed E-state index contributed by atoms with van der Waals surface area (Å²) in [5.41, 5.74) is 0.807. The van der Waals surface area contributed by atoms with E-state index in [2.05, 4.69) is 34.7 Å². The molecule has 1 saturated heterocycles. The van der Waals surface area contributed by atoms with Crippen molar-refractivity contribution in [2.75, 3.05) is 13.1 Å². The lowest BCUT2D eigenvalue weighted by Crippen LogP contribution is -2.47. The molecule has 0 radical (unpaired) electrons. The van der Waals surface area contributed by atoms with Gasteiger partial charge >= 0.3 is 0 Å². The van der Waals surface area contributed by atoms with Crippen molar-refractivity contribution in [1.29, 1.82) is 0 Å². The van der Waals surface area contributed by atoms with Gasteiger partial charge in [-0.25, -0.2) is 0 Å². The van der Waals surface area contributed by atoms with Crippen LogP contribution < -0.4 is 0 Å². The molecule has 0 N–H and O–H groups in total. The number of halogens is 1.